The molecule has 2 N–H and O–H groups in total. The second kappa shape index (κ2) is 11.6. The lowest BCUT2D eigenvalue weighted by Crippen LogP contribution is -2.35. The third-order valence-electron chi connectivity index (χ3n) is 5.84. The minimum Gasteiger partial charge on any atom is -0.444 e. The van der Waals surface area contributed by atoms with E-state index in [1.807, 2.05) is 83.1 Å². The van der Waals surface area contributed by atoms with Gasteiger partial charge in [-0.25, -0.2) is 4.79 Å². The van der Waals surface area contributed by atoms with Gasteiger partial charge in [-0.15, -0.1) is 0 Å². The van der Waals surface area contributed by atoms with Crippen molar-refractivity contribution in [3.8, 4) is 11.1 Å². The Kier molecular flexibility index (Phi) is 8.79. The standard InChI is InChI=1S/C30H39N3O4/c1-19(2)18-33-25(17-32-29(36)37-30(5,6)7)26(22-11-9-8-10-12-22)24-15-21(13-14-23(24)28(33)35)16-31-27(34)20(3)4/h8-15,19-20H,16-18H2,1-7H3,(H,31,34)(H,32,36). The van der Waals surface area contributed by atoms with E-state index >= 15 is 0 Å². The molecule has 37 heavy (non-hydrogen) atoms. The molecule has 0 aliphatic heterocycles. The molecule has 2 amide bonds. The van der Waals surface area contributed by atoms with Crippen LogP contribution in [0.15, 0.2) is 53.3 Å². The molecule has 0 bridgehead atoms. The Labute approximate surface area is 219 Å². The minimum atomic E-state index is -0.636. The molecule has 0 atom stereocenters. The molecule has 198 valence electrons. The van der Waals surface area contributed by atoms with Crippen LogP contribution in [0.3, 0.4) is 0 Å². The van der Waals surface area contributed by atoms with Gasteiger partial charge in [0.2, 0.25) is 5.91 Å². The van der Waals surface area contributed by atoms with Gasteiger partial charge in [0.05, 0.1) is 6.54 Å². The Morgan fingerprint density at radius 2 is 1.59 bits per heavy atom. The molecule has 2 aromatic carbocycles. The first-order chi connectivity index (χ1) is 17.4. The van der Waals surface area contributed by atoms with E-state index in [1.54, 1.807) is 4.57 Å². The number of hydrogen-bond donors (Lipinski definition) is 2. The van der Waals surface area contributed by atoms with Crippen LogP contribution < -0.4 is 16.2 Å². The normalized spacial score (nSPS) is 11.7. The van der Waals surface area contributed by atoms with Crippen molar-refractivity contribution in [2.45, 2.75) is 73.7 Å². The number of nitrogens with one attached hydrogen (secondary N) is 2. The van der Waals surface area contributed by atoms with Crippen molar-refractivity contribution in [1.29, 1.82) is 0 Å². The zero-order valence-corrected chi connectivity index (χ0v) is 23.0. The van der Waals surface area contributed by atoms with E-state index in [2.05, 4.69) is 24.5 Å². The third kappa shape index (κ3) is 7.21. The summed E-state index contributed by atoms with van der Waals surface area (Å²) in [6.45, 7) is 14.3. The van der Waals surface area contributed by atoms with Crippen LogP contribution in [0.2, 0.25) is 0 Å². The Morgan fingerprint density at radius 1 is 0.919 bits per heavy atom. The summed E-state index contributed by atoms with van der Waals surface area (Å²) in [5, 5.41) is 7.20. The second-order valence-corrected chi connectivity index (χ2v) is 11.1. The molecule has 3 aromatic rings. The average Bonchev–Trinajstić information content (AvgIpc) is 2.82. The maximum atomic E-state index is 13.8. The molecule has 0 fully saturated rings. The average molecular weight is 506 g/mol. The lowest BCUT2D eigenvalue weighted by atomic mass is 9.94. The van der Waals surface area contributed by atoms with Gasteiger partial charge in [-0.05, 0) is 55.3 Å². The number of carbonyl (C=O) groups is 2. The van der Waals surface area contributed by atoms with Gasteiger partial charge < -0.3 is 19.9 Å². The summed E-state index contributed by atoms with van der Waals surface area (Å²) in [5.74, 6) is 0.0663. The fourth-order valence-electron chi connectivity index (χ4n) is 4.19. The molecule has 0 saturated heterocycles. The summed E-state index contributed by atoms with van der Waals surface area (Å²) in [7, 11) is 0. The van der Waals surface area contributed by atoms with Crippen molar-refractivity contribution < 1.29 is 14.3 Å². The van der Waals surface area contributed by atoms with Gasteiger partial charge in [0, 0.05) is 35.7 Å². The van der Waals surface area contributed by atoms with Crippen molar-refractivity contribution in [3.05, 3.63) is 70.1 Å². The molecular formula is C30H39N3O4. The fourth-order valence-corrected chi connectivity index (χ4v) is 4.19. The van der Waals surface area contributed by atoms with Crippen molar-refractivity contribution >= 4 is 22.8 Å². The first kappa shape index (κ1) is 28.0. The number of benzene rings is 2. The van der Waals surface area contributed by atoms with Crippen LogP contribution in [0.25, 0.3) is 21.9 Å². The molecule has 7 nitrogen and oxygen atoms in total. The van der Waals surface area contributed by atoms with Gasteiger partial charge in [0.25, 0.3) is 5.56 Å². The van der Waals surface area contributed by atoms with Crippen molar-refractivity contribution in [3.63, 3.8) is 0 Å². The third-order valence-corrected chi connectivity index (χ3v) is 5.84. The minimum absolute atomic E-state index is 0.0296. The second-order valence-electron chi connectivity index (χ2n) is 11.1. The van der Waals surface area contributed by atoms with Crippen LogP contribution in [0.5, 0.6) is 0 Å². The van der Waals surface area contributed by atoms with Crippen LogP contribution in [0.1, 0.15) is 59.7 Å². The summed E-state index contributed by atoms with van der Waals surface area (Å²) in [6, 6.07) is 15.6. The van der Waals surface area contributed by atoms with E-state index in [4.69, 9.17) is 4.74 Å². The van der Waals surface area contributed by atoms with Gasteiger partial charge in [-0.1, -0.05) is 64.1 Å². The Balaban J connectivity index is 2.21. The van der Waals surface area contributed by atoms with Gasteiger partial charge in [0.15, 0.2) is 0 Å². The SMILES string of the molecule is CC(C)Cn1c(CNC(=O)OC(C)(C)C)c(-c2ccccc2)c2cc(CNC(=O)C(C)C)ccc2c1=O. The number of alkyl carbamates (subject to hydrolysis) is 1. The number of hydrogen-bond acceptors (Lipinski definition) is 4. The van der Waals surface area contributed by atoms with E-state index in [1.165, 1.54) is 0 Å². The van der Waals surface area contributed by atoms with E-state index in [9.17, 15) is 14.4 Å². The molecule has 0 unspecified atom stereocenters. The molecule has 0 saturated carbocycles. The summed E-state index contributed by atoms with van der Waals surface area (Å²) >= 11 is 0. The molecule has 0 aliphatic carbocycles. The lowest BCUT2D eigenvalue weighted by Gasteiger charge is -2.23. The number of nitrogens with zero attached hydrogens (tertiary/aromatic N) is 1. The highest BCUT2D eigenvalue weighted by molar-refractivity contribution is 5.98. The molecule has 0 aliphatic rings. The fraction of sp³-hybridized carbons (Fsp3) is 0.433. The van der Waals surface area contributed by atoms with Crippen LogP contribution in [-0.4, -0.2) is 22.2 Å². The monoisotopic (exact) mass is 505 g/mol. The number of fused-ring (bicyclic) bond motifs is 1. The zero-order chi connectivity index (χ0) is 27.3. The van der Waals surface area contributed by atoms with Crippen molar-refractivity contribution in [2.75, 3.05) is 0 Å². The zero-order valence-electron chi connectivity index (χ0n) is 23.0. The highest BCUT2D eigenvalue weighted by Crippen LogP contribution is 2.32. The van der Waals surface area contributed by atoms with Gasteiger partial charge in [0.1, 0.15) is 5.60 Å². The largest absolute Gasteiger partial charge is 0.444 e. The van der Waals surface area contributed by atoms with E-state index in [-0.39, 0.29) is 29.8 Å². The number of ether oxygens (including phenoxy) is 1. The molecule has 3 rings (SSSR count). The molecule has 0 radical (unpaired) electrons. The molecular weight excluding hydrogens is 466 g/mol. The van der Waals surface area contributed by atoms with Crippen LogP contribution >= 0.6 is 0 Å². The summed E-state index contributed by atoms with van der Waals surface area (Å²) in [5.41, 5.74) is 2.68. The molecule has 1 aromatic heterocycles. The van der Waals surface area contributed by atoms with Gasteiger partial charge >= 0.3 is 6.09 Å². The lowest BCUT2D eigenvalue weighted by molar-refractivity contribution is -0.124. The number of amides is 2. The summed E-state index contributed by atoms with van der Waals surface area (Å²) < 4.78 is 7.23. The van der Waals surface area contributed by atoms with Crippen molar-refractivity contribution in [2.24, 2.45) is 11.8 Å². The predicted molar refractivity (Wildman–Crippen MR) is 148 cm³/mol. The molecule has 7 heteroatoms. The highest BCUT2D eigenvalue weighted by Gasteiger charge is 2.22. The number of carbonyl (C=O) groups excluding carboxylic acids is 2. The van der Waals surface area contributed by atoms with Crippen LogP contribution in [0, 0.1) is 11.8 Å². The van der Waals surface area contributed by atoms with Crippen LogP contribution in [-0.2, 0) is 29.2 Å². The molecule has 0 spiro atoms. The Morgan fingerprint density at radius 3 is 2.19 bits per heavy atom. The van der Waals surface area contributed by atoms with Gasteiger partial charge in [-0.3, -0.25) is 9.59 Å². The predicted octanol–water partition coefficient (Wildman–Crippen LogP) is 5.62. The number of pyridine rings is 1. The van der Waals surface area contributed by atoms with Crippen molar-refractivity contribution in [1.82, 2.24) is 15.2 Å². The summed E-state index contributed by atoms with van der Waals surface area (Å²) in [4.78, 5) is 38.5. The maximum absolute atomic E-state index is 13.8. The maximum Gasteiger partial charge on any atom is 0.407 e. The topological polar surface area (TPSA) is 89.4 Å². The quantitative estimate of drug-likeness (QED) is 0.416. The first-order valence-electron chi connectivity index (χ1n) is 12.9. The van der Waals surface area contributed by atoms with Crippen LogP contribution in [0.4, 0.5) is 4.79 Å². The summed E-state index contributed by atoms with van der Waals surface area (Å²) in [6.07, 6.45) is -0.541. The number of aromatic nitrogens is 1. The first-order valence-corrected chi connectivity index (χ1v) is 12.9. The Hall–Kier alpha value is -3.61. The number of rotatable bonds is 8. The molecule has 1 heterocycles. The smallest absolute Gasteiger partial charge is 0.407 e. The van der Waals surface area contributed by atoms with E-state index in [0.717, 1.165) is 22.1 Å². The Bertz CT molecular complexity index is 1320. The highest BCUT2D eigenvalue weighted by atomic mass is 16.6. The van der Waals surface area contributed by atoms with E-state index < -0.39 is 11.7 Å². The van der Waals surface area contributed by atoms with Gasteiger partial charge in [-0.2, -0.15) is 0 Å². The van der Waals surface area contributed by atoms with E-state index in [0.29, 0.717) is 24.2 Å².